The van der Waals surface area contributed by atoms with Crippen LogP contribution in [-0.2, 0) is 13.0 Å². The number of aryl methyl sites for hydroxylation is 1. The van der Waals surface area contributed by atoms with Gasteiger partial charge in [-0.05, 0) is 71.7 Å². The van der Waals surface area contributed by atoms with Crippen LogP contribution in [0.3, 0.4) is 0 Å². The van der Waals surface area contributed by atoms with Crippen LogP contribution in [0.5, 0.6) is 11.5 Å². The van der Waals surface area contributed by atoms with E-state index in [-0.39, 0.29) is 22.9 Å². The summed E-state index contributed by atoms with van der Waals surface area (Å²) in [6.45, 7) is 8.13. The lowest BCUT2D eigenvalue weighted by Gasteiger charge is -2.25. The lowest BCUT2D eigenvalue weighted by molar-refractivity contribution is 0.0929. The number of phenols is 1. The van der Waals surface area contributed by atoms with Crippen molar-refractivity contribution in [1.29, 1.82) is 0 Å². The molecule has 0 saturated carbocycles. The van der Waals surface area contributed by atoms with Gasteiger partial charge in [0.2, 0.25) is 0 Å². The predicted octanol–water partition coefficient (Wildman–Crippen LogP) is 7.67. The highest BCUT2D eigenvalue weighted by Gasteiger charge is 2.19. The second-order valence-electron chi connectivity index (χ2n) is 11.7. The van der Waals surface area contributed by atoms with Crippen molar-refractivity contribution in [2.24, 2.45) is 5.41 Å². The molecule has 0 unspecified atom stereocenters. The third-order valence-electron chi connectivity index (χ3n) is 7.56. The fourth-order valence-electron chi connectivity index (χ4n) is 4.89. The minimum atomic E-state index is -0.308. The number of rotatable bonds is 16. The Balaban J connectivity index is 1.14. The zero-order chi connectivity index (χ0) is 31.4. The van der Waals surface area contributed by atoms with Crippen LogP contribution in [0, 0.1) is 11.2 Å². The molecule has 0 radical (unpaired) electrons. The van der Waals surface area contributed by atoms with E-state index in [9.17, 15) is 14.3 Å². The van der Waals surface area contributed by atoms with Crippen LogP contribution in [0.25, 0.3) is 11.1 Å². The first-order valence-corrected chi connectivity index (χ1v) is 15.3. The number of hydrogen-bond acceptors (Lipinski definition) is 6. The number of pyridine rings is 1. The molecule has 0 aliphatic carbocycles. The minimum Gasteiger partial charge on any atom is -0.507 e. The third-order valence-corrected chi connectivity index (χ3v) is 7.56. The number of benzene rings is 3. The van der Waals surface area contributed by atoms with Crippen molar-refractivity contribution in [3.63, 3.8) is 0 Å². The minimum absolute atomic E-state index is 0.0588. The van der Waals surface area contributed by atoms with Crippen LogP contribution in [0.4, 0.5) is 10.1 Å². The van der Waals surface area contributed by atoms with Crippen LogP contribution in [0.2, 0.25) is 0 Å². The number of aromatic nitrogens is 1. The second kappa shape index (κ2) is 15.9. The monoisotopic (exact) mass is 598 g/mol. The van der Waals surface area contributed by atoms with Gasteiger partial charge in [-0.2, -0.15) is 0 Å². The molecule has 4 aromatic rings. The van der Waals surface area contributed by atoms with E-state index in [1.165, 1.54) is 12.1 Å². The maximum Gasteiger partial charge on any atom is 0.269 e. The number of aromatic hydroxyl groups is 1. The number of carbonyl (C=O) groups excluding carboxylic acids is 1. The van der Waals surface area contributed by atoms with Gasteiger partial charge in [0, 0.05) is 24.7 Å². The summed E-state index contributed by atoms with van der Waals surface area (Å²) in [5.74, 6) is 0.304. The van der Waals surface area contributed by atoms with Crippen LogP contribution in [0.1, 0.15) is 68.1 Å². The number of hydrogen-bond donors (Lipinski definition) is 4. The van der Waals surface area contributed by atoms with Crippen molar-refractivity contribution in [2.75, 3.05) is 18.6 Å². The fraction of sp³-hybridized carbons (Fsp3) is 0.333. The quantitative estimate of drug-likeness (QED) is 0.0781. The molecule has 0 bridgehead atoms. The van der Waals surface area contributed by atoms with Crippen LogP contribution >= 0.6 is 0 Å². The van der Waals surface area contributed by atoms with Crippen LogP contribution in [0.15, 0.2) is 85.1 Å². The SMILES string of the molecule is CCc1cc(-c2ccc(F)cc2)c(O)cc1OCCCCCC(C)(C)CNC(=O)c1ccc(NNCc2ccccc2)cn1. The summed E-state index contributed by atoms with van der Waals surface area (Å²) in [5.41, 5.74) is 11.0. The zero-order valence-electron chi connectivity index (χ0n) is 25.8. The molecule has 0 saturated heterocycles. The first-order valence-electron chi connectivity index (χ1n) is 15.3. The van der Waals surface area contributed by atoms with Gasteiger partial charge in [-0.15, -0.1) is 0 Å². The third kappa shape index (κ3) is 9.81. The average Bonchev–Trinajstić information content (AvgIpc) is 3.03. The van der Waals surface area contributed by atoms with E-state index in [4.69, 9.17) is 4.74 Å². The van der Waals surface area contributed by atoms with E-state index in [0.29, 0.717) is 36.7 Å². The van der Waals surface area contributed by atoms with Crippen molar-refractivity contribution in [2.45, 2.75) is 59.4 Å². The number of carbonyl (C=O) groups is 1. The molecule has 8 heteroatoms. The summed E-state index contributed by atoms with van der Waals surface area (Å²) >= 11 is 0. The maximum atomic E-state index is 13.3. The molecule has 0 aliphatic rings. The van der Waals surface area contributed by atoms with E-state index in [2.05, 4.69) is 35.0 Å². The number of hydrazine groups is 1. The molecule has 0 fully saturated rings. The van der Waals surface area contributed by atoms with Gasteiger partial charge in [-0.25, -0.2) is 14.8 Å². The first-order chi connectivity index (χ1) is 21.2. The summed E-state index contributed by atoms with van der Waals surface area (Å²) in [6.07, 6.45) is 6.25. The summed E-state index contributed by atoms with van der Waals surface area (Å²) in [4.78, 5) is 17.0. The molecule has 0 spiro atoms. The molecule has 1 amide bonds. The molecule has 0 atom stereocenters. The Morgan fingerprint density at radius 2 is 1.75 bits per heavy atom. The number of halogens is 1. The van der Waals surface area contributed by atoms with Crippen LogP contribution < -0.4 is 20.9 Å². The largest absolute Gasteiger partial charge is 0.507 e. The molecule has 0 aliphatic heterocycles. The number of phenolic OH excluding ortho intramolecular Hbond substituents is 1. The van der Waals surface area contributed by atoms with E-state index >= 15 is 0 Å². The highest BCUT2D eigenvalue weighted by molar-refractivity contribution is 5.92. The summed E-state index contributed by atoms with van der Waals surface area (Å²) < 4.78 is 19.3. The number of unbranched alkanes of at least 4 members (excludes halogenated alkanes) is 2. The molecular formula is C36H43FN4O3. The number of nitrogens with one attached hydrogen (secondary N) is 3. The number of anilines is 1. The van der Waals surface area contributed by atoms with Gasteiger partial charge in [0.25, 0.3) is 5.91 Å². The number of amides is 1. The van der Waals surface area contributed by atoms with Crippen molar-refractivity contribution >= 4 is 11.6 Å². The highest BCUT2D eigenvalue weighted by atomic mass is 19.1. The van der Waals surface area contributed by atoms with Crippen molar-refractivity contribution in [3.8, 4) is 22.6 Å². The van der Waals surface area contributed by atoms with Gasteiger partial charge >= 0.3 is 0 Å². The van der Waals surface area contributed by atoms with E-state index in [0.717, 1.165) is 54.5 Å². The maximum absolute atomic E-state index is 13.3. The molecule has 7 nitrogen and oxygen atoms in total. The standard InChI is InChI=1S/C36H43FN4O3/c1-4-27-21-31(28-13-15-29(37)16-14-28)33(42)22-34(27)44-20-10-6-9-19-36(2,3)25-39-35(43)32-18-17-30(24-38-32)41-40-23-26-11-7-5-8-12-26/h5,7-8,11-18,21-22,24,40-42H,4,6,9-10,19-20,23,25H2,1-3H3,(H,39,43). The van der Waals surface area contributed by atoms with Gasteiger partial charge < -0.3 is 20.6 Å². The smallest absolute Gasteiger partial charge is 0.269 e. The Hall–Kier alpha value is -4.43. The normalized spacial score (nSPS) is 11.3. The molecule has 1 aromatic heterocycles. The molecule has 44 heavy (non-hydrogen) atoms. The van der Waals surface area contributed by atoms with Gasteiger partial charge in [0.15, 0.2) is 0 Å². The lowest BCUT2D eigenvalue weighted by atomic mass is 9.87. The predicted molar refractivity (Wildman–Crippen MR) is 174 cm³/mol. The van der Waals surface area contributed by atoms with Crippen LogP contribution in [-0.4, -0.2) is 29.1 Å². The Morgan fingerprint density at radius 1 is 0.977 bits per heavy atom. The number of ether oxygens (including phenoxy) is 1. The van der Waals surface area contributed by atoms with E-state index < -0.39 is 0 Å². The van der Waals surface area contributed by atoms with Crippen molar-refractivity contribution in [1.82, 2.24) is 15.7 Å². The summed E-state index contributed by atoms with van der Waals surface area (Å²) in [7, 11) is 0. The number of nitrogens with zero attached hydrogens (tertiary/aromatic N) is 1. The Morgan fingerprint density at radius 3 is 2.45 bits per heavy atom. The average molecular weight is 599 g/mol. The lowest BCUT2D eigenvalue weighted by Crippen LogP contribution is -2.34. The van der Waals surface area contributed by atoms with E-state index in [1.54, 1.807) is 30.5 Å². The molecule has 1 heterocycles. The Kier molecular flexibility index (Phi) is 11.7. The van der Waals surface area contributed by atoms with Crippen molar-refractivity contribution in [3.05, 3.63) is 108 Å². The van der Waals surface area contributed by atoms with Gasteiger partial charge in [0.1, 0.15) is 23.0 Å². The molecular weight excluding hydrogens is 555 g/mol. The summed E-state index contributed by atoms with van der Waals surface area (Å²) in [6, 6.07) is 23.3. The van der Waals surface area contributed by atoms with Crippen molar-refractivity contribution < 1.29 is 19.0 Å². The van der Waals surface area contributed by atoms with Gasteiger partial charge in [0.05, 0.1) is 18.5 Å². The van der Waals surface area contributed by atoms with Gasteiger partial charge in [-0.3, -0.25) is 4.79 Å². The summed E-state index contributed by atoms with van der Waals surface area (Å²) in [5, 5.41) is 13.6. The molecule has 4 N–H and O–H groups in total. The molecule has 232 valence electrons. The molecule has 3 aromatic carbocycles. The topological polar surface area (TPSA) is 95.5 Å². The van der Waals surface area contributed by atoms with E-state index in [1.807, 2.05) is 49.4 Å². The second-order valence-corrected chi connectivity index (χ2v) is 11.7. The van der Waals surface area contributed by atoms with Gasteiger partial charge in [-0.1, -0.05) is 76.1 Å². The first kappa shape index (κ1) is 32.5. The Labute approximate surface area is 259 Å². The fourth-order valence-corrected chi connectivity index (χ4v) is 4.89. The molecule has 4 rings (SSSR count). The Bertz CT molecular complexity index is 1480. The highest BCUT2D eigenvalue weighted by Crippen LogP contribution is 2.36. The zero-order valence-corrected chi connectivity index (χ0v) is 25.8.